The summed E-state index contributed by atoms with van der Waals surface area (Å²) in [5.74, 6) is -0.858. The summed E-state index contributed by atoms with van der Waals surface area (Å²) in [6.07, 6.45) is -0.666. The number of carboxylic acids is 1. The normalized spacial score (nSPS) is 11.3. The number of hydrogen-bond acceptors (Lipinski definition) is 3. The smallest absolute Gasteiger partial charge is 0.412 e. The molecule has 1 aromatic rings. The number of aromatic carboxylic acids is 1. The summed E-state index contributed by atoms with van der Waals surface area (Å²) >= 11 is 0. The quantitative estimate of drug-likeness (QED) is 0.881. The Balaban J connectivity index is 3.04. The van der Waals surface area contributed by atoms with Crippen molar-refractivity contribution >= 4 is 17.7 Å². The van der Waals surface area contributed by atoms with E-state index < -0.39 is 17.7 Å². The van der Waals surface area contributed by atoms with Gasteiger partial charge in [0.15, 0.2) is 0 Å². The molecule has 5 heteroatoms. The van der Waals surface area contributed by atoms with Crippen LogP contribution in [0.1, 0.15) is 56.5 Å². The first-order chi connectivity index (χ1) is 9.10. The van der Waals surface area contributed by atoms with Gasteiger partial charge in [-0.25, -0.2) is 9.59 Å². The zero-order valence-corrected chi connectivity index (χ0v) is 12.5. The van der Waals surface area contributed by atoms with Gasteiger partial charge in [0.2, 0.25) is 0 Å². The first-order valence-electron chi connectivity index (χ1n) is 6.47. The highest BCUT2D eigenvalue weighted by Crippen LogP contribution is 2.23. The van der Waals surface area contributed by atoms with Crippen LogP contribution >= 0.6 is 0 Å². The van der Waals surface area contributed by atoms with Crippen molar-refractivity contribution in [3.63, 3.8) is 0 Å². The minimum Gasteiger partial charge on any atom is -0.478 e. The maximum absolute atomic E-state index is 11.8. The van der Waals surface area contributed by atoms with Crippen LogP contribution in [-0.2, 0) is 4.74 Å². The maximum atomic E-state index is 11.8. The second-order valence-corrected chi connectivity index (χ2v) is 5.89. The molecule has 1 amide bonds. The molecule has 0 heterocycles. The van der Waals surface area contributed by atoms with Gasteiger partial charge in [-0.05, 0) is 44.4 Å². The Bertz CT molecular complexity index is 515. The summed E-state index contributed by atoms with van der Waals surface area (Å²) < 4.78 is 5.13. The molecule has 0 fully saturated rings. The van der Waals surface area contributed by atoms with Crippen molar-refractivity contribution in [1.29, 1.82) is 0 Å². The number of nitrogens with one attached hydrogen (secondary N) is 1. The lowest BCUT2D eigenvalue weighted by molar-refractivity contribution is 0.0636. The molecule has 110 valence electrons. The monoisotopic (exact) mass is 279 g/mol. The van der Waals surface area contributed by atoms with Gasteiger partial charge < -0.3 is 9.84 Å². The van der Waals surface area contributed by atoms with E-state index in [1.807, 2.05) is 13.8 Å². The Kier molecular flexibility index (Phi) is 4.76. The molecule has 0 aliphatic carbocycles. The zero-order chi connectivity index (χ0) is 15.5. The molecule has 0 unspecified atom stereocenters. The molecule has 0 aliphatic rings. The second-order valence-electron chi connectivity index (χ2n) is 5.89. The molecule has 0 spiro atoms. The van der Waals surface area contributed by atoms with Gasteiger partial charge in [0.1, 0.15) is 5.60 Å². The molecular weight excluding hydrogens is 258 g/mol. The van der Waals surface area contributed by atoms with E-state index in [2.05, 4.69) is 5.32 Å². The van der Waals surface area contributed by atoms with Crippen molar-refractivity contribution < 1.29 is 19.4 Å². The van der Waals surface area contributed by atoms with Crippen molar-refractivity contribution in [3.8, 4) is 0 Å². The Morgan fingerprint density at radius 2 is 1.85 bits per heavy atom. The molecule has 2 N–H and O–H groups in total. The van der Waals surface area contributed by atoms with Crippen LogP contribution in [0.3, 0.4) is 0 Å². The molecule has 0 aliphatic heterocycles. The minimum absolute atomic E-state index is 0.0419. The van der Waals surface area contributed by atoms with Crippen LogP contribution in [0.25, 0.3) is 0 Å². The summed E-state index contributed by atoms with van der Waals surface area (Å²) in [4.78, 5) is 22.9. The average Bonchev–Trinajstić information content (AvgIpc) is 2.25. The number of ether oxygens (including phenoxy) is 1. The Labute approximate surface area is 118 Å². The van der Waals surface area contributed by atoms with Gasteiger partial charge in [0.25, 0.3) is 0 Å². The fraction of sp³-hybridized carbons (Fsp3) is 0.467. The summed E-state index contributed by atoms with van der Waals surface area (Å²) in [7, 11) is 0. The maximum Gasteiger partial charge on any atom is 0.412 e. The Hall–Kier alpha value is -2.04. The third-order valence-electron chi connectivity index (χ3n) is 2.58. The predicted octanol–water partition coefficient (Wildman–Crippen LogP) is 3.86. The van der Waals surface area contributed by atoms with Crippen molar-refractivity contribution in [2.75, 3.05) is 5.32 Å². The highest BCUT2D eigenvalue weighted by atomic mass is 16.6. The molecule has 0 bridgehead atoms. The van der Waals surface area contributed by atoms with Crippen LogP contribution in [0.2, 0.25) is 0 Å². The van der Waals surface area contributed by atoms with E-state index in [0.29, 0.717) is 0 Å². The van der Waals surface area contributed by atoms with Gasteiger partial charge in [0, 0.05) is 0 Å². The Morgan fingerprint density at radius 1 is 1.25 bits per heavy atom. The number of carbonyl (C=O) groups excluding carboxylic acids is 1. The molecule has 0 atom stereocenters. The summed E-state index contributed by atoms with van der Waals surface area (Å²) in [6.45, 7) is 9.22. The Morgan fingerprint density at radius 3 is 2.30 bits per heavy atom. The van der Waals surface area contributed by atoms with Crippen LogP contribution in [-0.4, -0.2) is 22.8 Å². The van der Waals surface area contributed by atoms with Crippen molar-refractivity contribution in [1.82, 2.24) is 0 Å². The highest BCUT2D eigenvalue weighted by Gasteiger charge is 2.19. The largest absolute Gasteiger partial charge is 0.478 e. The van der Waals surface area contributed by atoms with Crippen LogP contribution in [0, 0.1) is 0 Å². The van der Waals surface area contributed by atoms with Gasteiger partial charge in [-0.1, -0.05) is 19.9 Å². The first-order valence-corrected chi connectivity index (χ1v) is 6.47. The lowest BCUT2D eigenvalue weighted by Gasteiger charge is -2.20. The van der Waals surface area contributed by atoms with E-state index in [1.165, 1.54) is 6.07 Å². The first kappa shape index (κ1) is 16.0. The molecule has 0 saturated carbocycles. The SMILES string of the molecule is CC(C)c1ccc(C(=O)O)c(NC(=O)OC(C)(C)C)c1. The summed E-state index contributed by atoms with van der Waals surface area (Å²) in [6, 6.07) is 4.90. The molecule has 0 saturated heterocycles. The number of carbonyl (C=O) groups is 2. The van der Waals surface area contributed by atoms with E-state index in [1.54, 1.807) is 32.9 Å². The van der Waals surface area contributed by atoms with Gasteiger partial charge in [-0.3, -0.25) is 5.32 Å². The lowest BCUT2D eigenvalue weighted by Crippen LogP contribution is -2.27. The van der Waals surface area contributed by atoms with Crippen molar-refractivity contribution in [2.24, 2.45) is 0 Å². The predicted molar refractivity (Wildman–Crippen MR) is 77.3 cm³/mol. The summed E-state index contributed by atoms with van der Waals surface area (Å²) in [5, 5.41) is 11.7. The van der Waals surface area contributed by atoms with Gasteiger partial charge in [-0.15, -0.1) is 0 Å². The zero-order valence-electron chi connectivity index (χ0n) is 12.5. The minimum atomic E-state index is -1.09. The van der Waals surface area contributed by atoms with Crippen LogP contribution in [0.5, 0.6) is 0 Å². The fourth-order valence-corrected chi connectivity index (χ4v) is 1.62. The van der Waals surface area contributed by atoms with E-state index >= 15 is 0 Å². The number of anilines is 1. The molecule has 20 heavy (non-hydrogen) atoms. The number of amides is 1. The van der Waals surface area contributed by atoms with Crippen molar-refractivity contribution in [3.05, 3.63) is 29.3 Å². The number of hydrogen-bond donors (Lipinski definition) is 2. The summed E-state index contributed by atoms with van der Waals surface area (Å²) in [5.41, 5.74) is 0.600. The van der Waals surface area contributed by atoms with Crippen LogP contribution in [0.15, 0.2) is 18.2 Å². The van der Waals surface area contributed by atoms with E-state index in [9.17, 15) is 9.59 Å². The van der Waals surface area contributed by atoms with Crippen LogP contribution in [0.4, 0.5) is 10.5 Å². The number of rotatable bonds is 3. The standard InChI is InChI=1S/C15H21NO4/c1-9(2)10-6-7-11(13(17)18)12(8-10)16-14(19)20-15(3,4)5/h6-9H,1-5H3,(H,16,19)(H,17,18). The van der Waals surface area contributed by atoms with Gasteiger partial charge in [0.05, 0.1) is 11.3 Å². The average molecular weight is 279 g/mol. The van der Waals surface area contributed by atoms with Gasteiger partial charge in [-0.2, -0.15) is 0 Å². The topological polar surface area (TPSA) is 75.6 Å². The fourth-order valence-electron chi connectivity index (χ4n) is 1.62. The number of carboxylic acid groups (broad SMARTS) is 1. The third-order valence-corrected chi connectivity index (χ3v) is 2.58. The second kappa shape index (κ2) is 5.94. The van der Waals surface area contributed by atoms with Crippen LogP contribution < -0.4 is 5.32 Å². The molecule has 1 aromatic carbocycles. The van der Waals surface area contributed by atoms with Gasteiger partial charge >= 0.3 is 12.1 Å². The molecule has 0 aromatic heterocycles. The lowest BCUT2D eigenvalue weighted by atomic mass is 10.0. The van der Waals surface area contributed by atoms with Crippen molar-refractivity contribution in [2.45, 2.75) is 46.1 Å². The van der Waals surface area contributed by atoms with E-state index in [-0.39, 0.29) is 17.2 Å². The van der Waals surface area contributed by atoms with E-state index in [4.69, 9.17) is 9.84 Å². The molecule has 5 nitrogen and oxygen atoms in total. The molecule has 0 radical (unpaired) electrons. The molecular formula is C15H21NO4. The van der Waals surface area contributed by atoms with E-state index in [0.717, 1.165) is 5.56 Å². The molecule has 1 rings (SSSR count). The highest BCUT2D eigenvalue weighted by molar-refractivity contribution is 5.99. The number of benzene rings is 1. The third kappa shape index (κ3) is 4.57.